The van der Waals surface area contributed by atoms with Crippen LogP contribution in [-0.4, -0.2) is 11.6 Å². The molecule has 2 aromatic rings. The Morgan fingerprint density at radius 1 is 0.971 bits per heavy atom. The molecule has 11 heteroatoms. The molecule has 3 rings (SSSR count). The maximum Gasteiger partial charge on any atom is 0.416 e. The number of urea groups is 1. The third-order valence-electron chi connectivity index (χ3n) is 4.74. The quantitative estimate of drug-likeness (QED) is 0.466. The van der Waals surface area contributed by atoms with Crippen LogP contribution in [0.5, 0.6) is 5.75 Å². The molecule has 34 heavy (non-hydrogen) atoms. The smallest absolute Gasteiger partial charge is 0.416 e. The normalized spacial score (nSPS) is 18.0. The van der Waals surface area contributed by atoms with E-state index >= 15 is 0 Å². The molecule has 5 nitrogen and oxygen atoms in total. The van der Waals surface area contributed by atoms with Gasteiger partial charge in [0.2, 0.25) is 0 Å². The lowest BCUT2D eigenvalue weighted by atomic mass is 9.92. The lowest BCUT2D eigenvalue weighted by Crippen LogP contribution is -2.31. The van der Waals surface area contributed by atoms with Gasteiger partial charge in [0, 0.05) is 23.4 Å². The molecule has 0 saturated carbocycles. The van der Waals surface area contributed by atoms with E-state index in [1.54, 1.807) is 25.2 Å². The Labute approximate surface area is 190 Å². The van der Waals surface area contributed by atoms with Gasteiger partial charge in [-0.2, -0.15) is 31.6 Å². The SMILES string of the molecule is CC1(Oc2ccc(NC(=O)Nc3cc(C(F)(F)F)cc(C(F)(F)F)c3)cc2)C=CC=C(C#N)C1. The number of hydrogen-bond acceptors (Lipinski definition) is 3. The Hall–Kier alpha value is -3.94. The van der Waals surface area contributed by atoms with Gasteiger partial charge in [0.25, 0.3) is 0 Å². The highest BCUT2D eigenvalue weighted by Crippen LogP contribution is 2.37. The minimum atomic E-state index is -5.03. The standard InChI is InChI=1S/C23H17F6N3O2/c1-21(8-2-3-14(12-21)13-30)34-19-6-4-17(5-7-19)31-20(33)32-18-10-15(22(24,25)26)9-16(11-18)23(27,28)29/h2-11H,12H2,1H3,(H2,31,32,33). The number of benzene rings is 2. The zero-order chi connectivity index (χ0) is 25.1. The third kappa shape index (κ3) is 6.31. The van der Waals surface area contributed by atoms with E-state index in [2.05, 4.69) is 11.4 Å². The van der Waals surface area contributed by atoms with Crippen molar-refractivity contribution in [3.05, 3.63) is 77.4 Å². The molecule has 2 aromatic carbocycles. The average molecular weight is 481 g/mol. The summed E-state index contributed by atoms with van der Waals surface area (Å²) in [6.07, 6.45) is -4.52. The molecule has 0 fully saturated rings. The molecule has 0 spiro atoms. The zero-order valence-electron chi connectivity index (χ0n) is 17.5. The molecule has 2 amide bonds. The summed E-state index contributed by atoms with van der Waals surface area (Å²) in [7, 11) is 0. The number of ether oxygens (including phenoxy) is 1. The van der Waals surface area contributed by atoms with Gasteiger partial charge in [0.1, 0.15) is 11.4 Å². The Kier molecular flexibility index (Phi) is 6.63. The van der Waals surface area contributed by atoms with Crippen LogP contribution in [0.3, 0.4) is 0 Å². The van der Waals surface area contributed by atoms with Gasteiger partial charge in [-0.3, -0.25) is 0 Å². The Morgan fingerprint density at radius 3 is 2.06 bits per heavy atom. The zero-order valence-corrected chi connectivity index (χ0v) is 17.5. The average Bonchev–Trinajstić information content (AvgIpc) is 2.73. The van der Waals surface area contributed by atoms with E-state index in [0.717, 1.165) is 0 Å². The maximum atomic E-state index is 13.0. The largest absolute Gasteiger partial charge is 0.483 e. The Bertz CT molecular complexity index is 1140. The number of alkyl halides is 6. The number of hydrogen-bond donors (Lipinski definition) is 2. The van der Waals surface area contributed by atoms with Gasteiger partial charge in [-0.15, -0.1) is 0 Å². The van der Waals surface area contributed by atoms with Crippen molar-refractivity contribution in [3.8, 4) is 11.8 Å². The summed E-state index contributed by atoms with van der Waals surface area (Å²) in [5.41, 5.74) is -3.75. The van der Waals surface area contributed by atoms with E-state index in [9.17, 15) is 31.1 Å². The van der Waals surface area contributed by atoms with E-state index in [1.807, 2.05) is 5.32 Å². The number of rotatable bonds is 4. The number of nitrogens with zero attached hydrogens (tertiary/aromatic N) is 1. The number of anilines is 2. The van der Waals surface area contributed by atoms with Gasteiger partial charge in [-0.05, 0) is 61.5 Å². The van der Waals surface area contributed by atoms with Crippen LogP contribution in [0.2, 0.25) is 0 Å². The second-order valence-electron chi connectivity index (χ2n) is 7.65. The molecular formula is C23H17F6N3O2. The fraction of sp³-hybridized carbons (Fsp3) is 0.217. The summed E-state index contributed by atoms with van der Waals surface area (Å²) in [5.74, 6) is 0.421. The minimum Gasteiger partial charge on any atom is -0.483 e. The van der Waals surface area contributed by atoms with Crippen molar-refractivity contribution < 1.29 is 35.9 Å². The van der Waals surface area contributed by atoms with E-state index in [4.69, 9.17) is 10.00 Å². The molecule has 0 aromatic heterocycles. The number of carbonyl (C=O) groups excluding carboxylic acids is 1. The van der Waals surface area contributed by atoms with Crippen molar-refractivity contribution in [2.75, 3.05) is 10.6 Å². The van der Waals surface area contributed by atoms with Crippen molar-refractivity contribution in [2.24, 2.45) is 0 Å². The fourth-order valence-electron chi connectivity index (χ4n) is 3.21. The molecule has 0 saturated heterocycles. The fourth-order valence-corrected chi connectivity index (χ4v) is 3.21. The van der Waals surface area contributed by atoms with E-state index < -0.39 is 40.8 Å². The summed E-state index contributed by atoms with van der Waals surface area (Å²) in [5, 5.41) is 13.4. The van der Waals surface area contributed by atoms with Gasteiger partial charge >= 0.3 is 18.4 Å². The summed E-state index contributed by atoms with van der Waals surface area (Å²) in [6, 6.07) is 7.75. The minimum absolute atomic E-state index is 0.0286. The van der Waals surface area contributed by atoms with Gasteiger partial charge in [-0.1, -0.05) is 6.08 Å². The Morgan fingerprint density at radius 2 is 1.53 bits per heavy atom. The predicted molar refractivity (Wildman–Crippen MR) is 112 cm³/mol. The number of nitriles is 1. The number of amides is 2. The monoisotopic (exact) mass is 481 g/mol. The second-order valence-corrected chi connectivity index (χ2v) is 7.65. The summed E-state index contributed by atoms with van der Waals surface area (Å²) in [4.78, 5) is 12.2. The molecule has 1 aliphatic rings. The molecular weight excluding hydrogens is 464 g/mol. The number of nitrogens with one attached hydrogen (secondary N) is 2. The lowest BCUT2D eigenvalue weighted by Gasteiger charge is -2.29. The highest BCUT2D eigenvalue weighted by atomic mass is 19.4. The van der Waals surface area contributed by atoms with Crippen LogP contribution >= 0.6 is 0 Å². The first-order valence-corrected chi connectivity index (χ1v) is 9.72. The molecule has 0 bridgehead atoms. The van der Waals surface area contributed by atoms with Crippen molar-refractivity contribution in [1.82, 2.24) is 0 Å². The van der Waals surface area contributed by atoms with Crippen LogP contribution in [-0.2, 0) is 12.4 Å². The van der Waals surface area contributed by atoms with Crippen LogP contribution in [0.4, 0.5) is 42.5 Å². The van der Waals surface area contributed by atoms with Crippen LogP contribution < -0.4 is 15.4 Å². The predicted octanol–water partition coefficient (Wildman–Crippen LogP) is 6.92. The van der Waals surface area contributed by atoms with Crippen LogP contribution in [0.1, 0.15) is 24.5 Å². The van der Waals surface area contributed by atoms with E-state index in [0.29, 0.717) is 29.9 Å². The Balaban J connectivity index is 1.68. The van der Waals surface area contributed by atoms with Crippen molar-refractivity contribution in [2.45, 2.75) is 31.3 Å². The molecule has 0 radical (unpaired) electrons. The highest BCUT2D eigenvalue weighted by molar-refractivity contribution is 5.99. The first kappa shape index (κ1) is 24.7. The van der Waals surface area contributed by atoms with Crippen molar-refractivity contribution >= 4 is 17.4 Å². The summed E-state index contributed by atoms with van der Waals surface area (Å²) >= 11 is 0. The van der Waals surface area contributed by atoms with Crippen molar-refractivity contribution in [3.63, 3.8) is 0 Å². The summed E-state index contributed by atoms with van der Waals surface area (Å²) in [6.45, 7) is 1.79. The van der Waals surface area contributed by atoms with Gasteiger partial charge in [0.15, 0.2) is 0 Å². The molecule has 1 atom stereocenters. The van der Waals surface area contributed by atoms with Gasteiger partial charge in [-0.25, -0.2) is 4.79 Å². The lowest BCUT2D eigenvalue weighted by molar-refractivity contribution is -0.143. The first-order chi connectivity index (χ1) is 15.8. The number of carbonyl (C=O) groups is 1. The third-order valence-corrected chi connectivity index (χ3v) is 4.74. The first-order valence-electron chi connectivity index (χ1n) is 9.72. The molecule has 1 aliphatic carbocycles. The summed E-state index contributed by atoms with van der Waals surface area (Å²) < 4.78 is 83.7. The topological polar surface area (TPSA) is 74.2 Å². The number of allylic oxidation sites excluding steroid dienone is 2. The van der Waals surface area contributed by atoms with E-state index in [-0.39, 0.29) is 11.8 Å². The maximum absolute atomic E-state index is 13.0. The molecule has 178 valence electrons. The molecule has 0 heterocycles. The van der Waals surface area contributed by atoms with Crippen LogP contribution in [0.25, 0.3) is 0 Å². The molecule has 0 aliphatic heterocycles. The molecule has 2 N–H and O–H groups in total. The van der Waals surface area contributed by atoms with Gasteiger partial charge in [0.05, 0.1) is 17.2 Å². The van der Waals surface area contributed by atoms with Crippen molar-refractivity contribution in [1.29, 1.82) is 5.26 Å². The number of halogens is 6. The molecule has 1 unspecified atom stereocenters. The van der Waals surface area contributed by atoms with Crippen LogP contribution in [0.15, 0.2) is 66.3 Å². The highest BCUT2D eigenvalue weighted by Gasteiger charge is 2.37. The van der Waals surface area contributed by atoms with E-state index in [1.165, 1.54) is 24.3 Å². The van der Waals surface area contributed by atoms with Gasteiger partial charge < -0.3 is 15.4 Å². The second kappa shape index (κ2) is 9.13. The van der Waals surface area contributed by atoms with Crippen LogP contribution in [0, 0.1) is 11.3 Å².